The van der Waals surface area contributed by atoms with Crippen LogP contribution >= 0.6 is 0 Å². The van der Waals surface area contributed by atoms with Gasteiger partial charge in [0, 0.05) is 48.5 Å². The van der Waals surface area contributed by atoms with Crippen molar-refractivity contribution in [1.82, 2.24) is 0 Å². The Labute approximate surface area is 310 Å². The van der Waals surface area contributed by atoms with Crippen molar-refractivity contribution in [3.05, 3.63) is 162 Å². The summed E-state index contributed by atoms with van der Waals surface area (Å²) in [6, 6.07) is 49.7. The van der Waals surface area contributed by atoms with Crippen LogP contribution in [0.25, 0.3) is 64.6 Å². The lowest BCUT2D eigenvalue weighted by Crippen LogP contribution is -2.03. The van der Waals surface area contributed by atoms with Crippen molar-refractivity contribution < 1.29 is 14.2 Å². The Kier molecular flexibility index (Phi) is 7.37. The third-order valence-electron chi connectivity index (χ3n) is 10.5. The highest BCUT2D eigenvalue weighted by Crippen LogP contribution is 2.43. The molecule has 0 bridgehead atoms. The van der Waals surface area contributed by atoms with Gasteiger partial charge >= 0.3 is 0 Å². The van der Waals surface area contributed by atoms with Gasteiger partial charge in [0.05, 0.1) is 54.5 Å². The first kappa shape index (κ1) is 31.7. The van der Waals surface area contributed by atoms with Gasteiger partial charge in [0.15, 0.2) is 0 Å². The van der Waals surface area contributed by atoms with E-state index in [4.69, 9.17) is 29.2 Å². The van der Waals surface area contributed by atoms with E-state index in [1.807, 2.05) is 72.8 Å². The zero-order valence-electron chi connectivity index (χ0n) is 29.9. The highest BCUT2D eigenvalue weighted by Gasteiger charge is 2.25. The Bertz CT molecular complexity index is 2870. The maximum absolute atomic E-state index is 5.49. The van der Waals surface area contributed by atoms with E-state index in [0.717, 1.165) is 115 Å². The molecule has 10 aromatic rings. The molecule has 6 nitrogen and oxygen atoms in total. The van der Waals surface area contributed by atoms with E-state index in [1.54, 1.807) is 21.3 Å². The molecule has 0 N–H and O–H groups in total. The fraction of sp³-hybridized carbons (Fsp3) is 0.0625. The first-order valence-corrected chi connectivity index (χ1v) is 17.9. The van der Waals surface area contributed by atoms with Gasteiger partial charge < -0.3 is 14.2 Å². The van der Waals surface area contributed by atoms with Crippen LogP contribution in [0.5, 0.6) is 17.2 Å². The number of nitrogens with zero attached hydrogens (tertiary/aromatic N) is 3. The van der Waals surface area contributed by atoms with Gasteiger partial charge in [-0.2, -0.15) is 0 Å². The Morgan fingerprint density at radius 3 is 0.759 bits per heavy atom. The van der Waals surface area contributed by atoms with Crippen LogP contribution in [-0.2, 0) is 0 Å². The number of ether oxygens (including phenoxy) is 3. The van der Waals surface area contributed by atoms with Crippen LogP contribution in [0.15, 0.2) is 161 Å². The summed E-state index contributed by atoms with van der Waals surface area (Å²) in [4.78, 5) is 16.4. The Balaban J connectivity index is 1.51. The monoisotopic (exact) mass is 699 g/mol. The summed E-state index contributed by atoms with van der Waals surface area (Å²) in [7, 11) is 5.04. The van der Waals surface area contributed by atoms with Gasteiger partial charge in [-0.3, -0.25) is 0 Å². The molecule has 0 unspecified atom stereocenters. The van der Waals surface area contributed by atoms with Crippen molar-refractivity contribution in [1.29, 1.82) is 0 Å². The summed E-state index contributed by atoms with van der Waals surface area (Å²) < 4.78 is 16.5. The number of hydrogen-bond acceptors (Lipinski definition) is 6. The molecule has 0 radical (unpaired) electrons. The van der Waals surface area contributed by atoms with Crippen LogP contribution < -0.4 is 30.3 Å². The van der Waals surface area contributed by atoms with Crippen LogP contribution in [-0.4, -0.2) is 21.3 Å². The van der Waals surface area contributed by atoms with Gasteiger partial charge in [0.1, 0.15) is 17.2 Å². The maximum atomic E-state index is 5.49. The van der Waals surface area contributed by atoms with Crippen LogP contribution in [0.3, 0.4) is 0 Å². The van der Waals surface area contributed by atoms with Crippen molar-refractivity contribution in [2.75, 3.05) is 21.3 Å². The first-order chi connectivity index (χ1) is 26.6. The second-order valence-corrected chi connectivity index (χ2v) is 13.4. The maximum Gasteiger partial charge on any atom is 0.119 e. The summed E-state index contributed by atoms with van der Waals surface area (Å²) in [6.45, 7) is 0. The molecule has 0 saturated heterocycles. The molecule has 0 spiro atoms. The Morgan fingerprint density at radius 1 is 0.278 bits per heavy atom. The summed E-state index contributed by atoms with van der Waals surface area (Å²) in [5.74, 6) is 2.36. The molecule has 0 heterocycles. The smallest absolute Gasteiger partial charge is 0.119 e. The van der Waals surface area contributed by atoms with E-state index < -0.39 is 0 Å². The minimum absolute atomic E-state index is 0.787. The summed E-state index contributed by atoms with van der Waals surface area (Å²) in [5, 5.41) is 16.1. The molecule has 0 atom stereocenters. The predicted octanol–water partition coefficient (Wildman–Crippen LogP) is 10.6. The fourth-order valence-corrected chi connectivity index (χ4v) is 8.10. The van der Waals surface area contributed by atoms with Gasteiger partial charge in [-0.15, -0.1) is 0 Å². The molecule has 0 aromatic heterocycles. The Hall–Kier alpha value is -7.05. The molecule has 0 aliphatic heterocycles. The summed E-state index contributed by atoms with van der Waals surface area (Å²) in [5.41, 5.74) is 2.53. The second kappa shape index (κ2) is 12.6. The SMILES string of the molecule is COc1ccc(N=c2c3ccccc3c3c2c2c4ccccc4c(=Nc4ccc(OC)cc4)c2c2c4ccccc4c(=Nc4ccc(OC)cc4)c32)cc1. The molecule has 6 heteroatoms. The van der Waals surface area contributed by atoms with E-state index >= 15 is 0 Å². The zero-order valence-corrected chi connectivity index (χ0v) is 29.9. The van der Waals surface area contributed by atoms with Gasteiger partial charge in [-0.05, 0) is 89.0 Å². The lowest BCUT2D eigenvalue weighted by atomic mass is 9.99. The fourth-order valence-electron chi connectivity index (χ4n) is 8.10. The second-order valence-electron chi connectivity index (χ2n) is 13.4. The number of rotatable bonds is 6. The number of hydrogen-bond donors (Lipinski definition) is 0. The zero-order chi connectivity index (χ0) is 36.3. The van der Waals surface area contributed by atoms with E-state index in [-0.39, 0.29) is 0 Å². The van der Waals surface area contributed by atoms with Crippen molar-refractivity contribution in [2.45, 2.75) is 0 Å². The number of benzene rings is 7. The number of fused-ring (bicyclic) bond motifs is 12. The largest absolute Gasteiger partial charge is 0.497 e. The van der Waals surface area contributed by atoms with Gasteiger partial charge in [-0.25, -0.2) is 15.0 Å². The molecular weight excluding hydrogens is 667 g/mol. The van der Waals surface area contributed by atoms with Crippen molar-refractivity contribution in [3.8, 4) is 17.2 Å². The number of methoxy groups -OCH3 is 3. The highest BCUT2D eigenvalue weighted by atomic mass is 16.5. The molecule has 0 saturated carbocycles. The van der Waals surface area contributed by atoms with E-state index in [0.29, 0.717) is 0 Å². The van der Waals surface area contributed by atoms with Gasteiger partial charge in [0.25, 0.3) is 0 Å². The van der Waals surface area contributed by atoms with E-state index in [9.17, 15) is 0 Å². The van der Waals surface area contributed by atoms with Crippen molar-refractivity contribution in [2.24, 2.45) is 15.0 Å². The molecule has 258 valence electrons. The topological polar surface area (TPSA) is 64.8 Å². The molecule has 0 aliphatic rings. The average Bonchev–Trinajstić information content (AvgIpc) is 3.84. The average molecular weight is 700 g/mol. The molecule has 0 amide bonds. The van der Waals surface area contributed by atoms with Crippen molar-refractivity contribution >= 4 is 81.7 Å². The van der Waals surface area contributed by atoms with Crippen LogP contribution in [0, 0.1) is 0 Å². The summed E-state index contributed by atoms with van der Waals surface area (Å²) in [6.07, 6.45) is 0. The quantitative estimate of drug-likeness (QED) is 0.174. The third-order valence-corrected chi connectivity index (χ3v) is 10.5. The lowest BCUT2D eigenvalue weighted by molar-refractivity contribution is 0.414. The Morgan fingerprint density at radius 2 is 0.519 bits per heavy atom. The molecule has 10 rings (SSSR count). The molecule has 10 aromatic carbocycles. The molecule has 0 fully saturated rings. The standard InChI is InChI=1S/C48H33N3O3/c1-52-31-22-16-28(17-23-31)49-46-37-13-7-4-10-34(37)40-43(46)41-35-11-5-8-14-38(35)47(50-29-18-24-32(53-2)25-19-29)45(41)42-36-12-6-9-15-39(36)48(44(40)42)51-30-20-26-33(54-3)27-21-30/h4-27H,1-3H3. The predicted molar refractivity (Wildman–Crippen MR) is 220 cm³/mol. The minimum atomic E-state index is 0.787. The van der Waals surface area contributed by atoms with Crippen LogP contribution in [0.2, 0.25) is 0 Å². The molecule has 54 heavy (non-hydrogen) atoms. The van der Waals surface area contributed by atoms with E-state index in [1.165, 1.54) is 0 Å². The van der Waals surface area contributed by atoms with E-state index in [2.05, 4.69) is 72.8 Å². The lowest BCUT2D eigenvalue weighted by Gasteiger charge is -2.04. The van der Waals surface area contributed by atoms with Crippen LogP contribution in [0.1, 0.15) is 0 Å². The molecule has 0 aliphatic carbocycles. The normalized spacial score (nSPS) is 13.1. The first-order valence-electron chi connectivity index (χ1n) is 17.9. The third kappa shape index (κ3) is 4.84. The van der Waals surface area contributed by atoms with Crippen molar-refractivity contribution in [3.63, 3.8) is 0 Å². The summed E-state index contributed by atoms with van der Waals surface area (Å²) >= 11 is 0. The van der Waals surface area contributed by atoms with Gasteiger partial charge in [-0.1, -0.05) is 72.8 Å². The minimum Gasteiger partial charge on any atom is -0.497 e. The van der Waals surface area contributed by atoms with Gasteiger partial charge in [0.2, 0.25) is 0 Å². The molecular formula is C48H33N3O3. The highest BCUT2D eigenvalue weighted by molar-refractivity contribution is 6.42. The van der Waals surface area contributed by atoms with Crippen LogP contribution in [0.4, 0.5) is 17.1 Å².